The minimum Gasteiger partial charge on any atom is -0.292 e. The van der Waals surface area contributed by atoms with Crippen LogP contribution in [0.2, 0.25) is 0 Å². The fraction of sp³-hybridized carbons (Fsp3) is 0. The second-order valence-corrected chi connectivity index (χ2v) is 11.8. The molecule has 0 saturated heterocycles. The van der Waals surface area contributed by atoms with Crippen molar-refractivity contribution in [1.29, 1.82) is 0 Å². The third-order valence-electron chi connectivity index (χ3n) is 8.93. The lowest BCUT2D eigenvalue weighted by molar-refractivity contribution is 0.0972. The SMILES string of the molecule is O=C1c2ccccc2C(=O)c2c1nc(-c1ccc(-c3ccc(-c4nc5ccccc5n4-c4ccccc4)cc3)cc1)n2-c1ccccc1. The largest absolute Gasteiger partial charge is 0.292 e. The number of para-hydroxylation sites is 4. The van der Waals surface area contributed by atoms with Gasteiger partial charge >= 0.3 is 0 Å². The van der Waals surface area contributed by atoms with Crippen molar-refractivity contribution in [1.82, 2.24) is 19.1 Å². The molecular weight excluding hydrogens is 592 g/mol. The molecule has 0 atom stereocenters. The van der Waals surface area contributed by atoms with Crippen LogP contribution in [-0.4, -0.2) is 30.7 Å². The van der Waals surface area contributed by atoms with Gasteiger partial charge in [-0.15, -0.1) is 0 Å². The summed E-state index contributed by atoms with van der Waals surface area (Å²) in [6, 6.07) is 51.5. The molecule has 0 spiro atoms. The lowest BCUT2D eigenvalue weighted by Crippen LogP contribution is -2.22. The van der Waals surface area contributed by atoms with Crippen molar-refractivity contribution in [3.63, 3.8) is 0 Å². The monoisotopic (exact) mass is 618 g/mol. The molecule has 6 heteroatoms. The predicted molar refractivity (Wildman–Crippen MR) is 188 cm³/mol. The molecule has 6 nitrogen and oxygen atoms in total. The Morgan fingerprint density at radius 2 is 0.854 bits per heavy atom. The highest BCUT2D eigenvalue weighted by atomic mass is 16.1. The van der Waals surface area contributed by atoms with E-state index in [9.17, 15) is 9.59 Å². The van der Waals surface area contributed by atoms with E-state index in [4.69, 9.17) is 9.97 Å². The van der Waals surface area contributed by atoms with Gasteiger partial charge in [0, 0.05) is 33.6 Å². The molecule has 0 amide bonds. The predicted octanol–water partition coefficient (Wildman–Crippen LogP) is 8.99. The van der Waals surface area contributed by atoms with E-state index >= 15 is 0 Å². The first-order chi connectivity index (χ1) is 23.7. The third-order valence-corrected chi connectivity index (χ3v) is 8.93. The Kier molecular flexibility index (Phi) is 6.33. The van der Waals surface area contributed by atoms with Gasteiger partial charge in [0.25, 0.3) is 0 Å². The molecular formula is C42H26N4O2. The first kappa shape index (κ1) is 27.6. The number of carbonyl (C=O) groups excluding carboxylic acids is 2. The van der Waals surface area contributed by atoms with Crippen LogP contribution in [0.4, 0.5) is 0 Å². The molecule has 0 radical (unpaired) electrons. The van der Waals surface area contributed by atoms with Crippen molar-refractivity contribution in [2.24, 2.45) is 0 Å². The van der Waals surface area contributed by atoms with Gasteiger partial charge < -0.3 is 0 Å². The number of nitrogens with zero attached hydrogens (tertiary/aromatic N) is 4. The number of imidazole rings is 2. The van der Waals surface area contributed by atoms with Crippen molar-refractivity contribution in [3.8, 4) is 45.3 Å². The first-order valence-electron chi connectivity index (χ1n) is 15.8. The summed E-state index contributed by atoms with van der Waals surface area (Å²) in [5, 5.41) is 0. The van der Waals surface area contributed by atoms with Crippen LogP contribution < -0.4 is 0 Å². The standard InChI is InChI=1S/C42H26N4O2/c47-39-33-15-7-8-16-34(33)40(48)38-37(39)44-42(46(38)32-13-5-2-6-14-32)30-25-21-28(22-26-30)27-19-23-29(24-20-27)41-43-35-17-9-10-18-36(35)45(41)31-11-3-1-4-12-31/h1-26H. The summed E-state index contributed by atoms with van der Waals surface area (Å²) >= 11 is 0. The van der Waals surface area contributed by atoms with Gasteiger partial charge in [0.05, 0.1) is 11.0 Å². The van der Waals surface area contributed by atoms with Gasteiger partial charge in [-0.1, -0.05) is 121 Å². The van der Waals surface area contributed by atoms with Crippen LogP contribution >= 0.6 is 0 Å². The zero-order valence-corrected chi connectivity index (χ0v) is 25.6. The van der Waals surface area contributed by atoms with Crippen LogP contribution in [0.3, 0.4) is 0 Å². The number of aromatic nitrogens is 4. The van der Waals surface area contributed by atoms with Gasteiger partial charge in [-0.2, -0.15) is 0 Å². The molecule has 6 aromatic carbocycles. The number of benzene rings is 6. The summed E-state index contributed by atoms with van der Waals surface area (Å²) < 4.78 is 4.01. The van der Waals surface area contributed by atoms with E-state index in [0.717, 1.165) is 50.5 Å². The van der Waals surface area contributed by atoms with E-state index in [1.54, 1.807) is 24.3 Å². The van der Waals surface area contributed by atoms with E-state index in [1.807, 2.05) is 95.6 Å². The molecule has 0 saturated carbocycles. The zero-order valence-electron chi connectivity index (χ0n) is 25.6. The fourth-order valence-corrected chi connectivity index (χ4v) is 6.63. The maximum atomic E-state index is 13.8. The summed E-state index contributed by atoms with van der Waals surface area (Å²) in [5.41, 5.74) is 8.99. The lowest BCUT2D eigenvalue weighted by atomic mass is 9.90. The lowest BCUT2D eigenvalue weighted by Gasteiger charge is -2.16. The van der Waals surface area contributed by atoms with Crippen LogP contribution in [0.25, 0.3) is 56.3 Å². The number of carbonyl (C=O) groups is 2. The summed E-state index contributed by atoms with van der Waals surface area (Å²) in [6.07, 6.45) is 0. The van der Waals surface area contributed by atoms with Gasteiger partial charge in [0.15, 0.2) is 0 Å². The van der Waals surface area contributed by atoms with E-state index < -0.39 is 0 Å². The summed E-state index contributed by atoms with van der Waals surface area (Å²) in [6.45, 7) is 0. The van der Waals surface area contributed by atoms with Crippen molar-refractivity contribution in [2.75, 3.05) is 0 Å². The Morgan fingerprint density at radius 3 is 1.46 bits per heavy atom. The van der Waals surface area contributed by atoms with Crippen LogP contribution in [0.5, 0.6) is 0 Å². The van der Waals surface area contributed by atoms with Crippen LogP contribution in [0, 0.1) is 0 Å². The average Bonchev–Trinajstić information content (AvgIpc) is 3.75. The van der Waals surface area contributed by atoms with E-state index in [-0.39, 0.29) is 17.3 Å². The molecule has 0 N–H and O–H groups in total. The normalized spacial score (nSPS) is 12.2. The summed E-state index contributed by atoms with van der Waals surface area (Å²) in [7, 11) is 0. The van der Waals surface area contributed by atoms with Gasteiger partial charge in [-0.05, 0) is 47.5 Å². The highest BCUT2D eigenvalue weighted by Crippen LogP contribution is 2.35. The molecule has 9 rings (SSSR count). The highest BCUT2D eigenvalue weighted by Gasteiger charge is 2.36. The smallest absolute Gasteiger partial charge is 0.214 e. The zero-order chi connectivity index (χ0) is 32.2. The minimum absolute atomic E-state index is 0.179. The molecule has 2 aromatic heterocycles. The number of hydrogen-bond donors (Lipinski definition) is 0. The number of hydrogen-bond acceptors (Lipinski definition) is 4. The molecule has 226 valence electrons. The van der Waals surface area contributed by atoms with Gasteiger partial charge in [-0.25, -0.2) is 9.97 Å². The first-order valence-corrected chi connectivity index (χ1v) is 15.8. The maximum Gasteiger partial charge on any atom is 0.214 e. The molecule has 0 fully saturated rings. The van der Waals surface area contributed by atoms with Crippen LogP contribution in [-0.2, 0) is 0 Å². The molecule has 0 bridgehead atoms. The Morgan fingerprint density at radius 1 is 0.396 bits per heavy atom. The van der Waals surface area contributed by atoms with Crippen molar-refractivity contribution in [3.05, 3.63) is 180 Å². The average molecular weight is 619 g/mol. The quantitative estimate of drug-likeness (QED) is 0.193. The minimum atomic E-state index is -0.242. The highest BCUT2D eigenvalue weighted by molar-refractivity contribution is 6.27. The van der Waals surface area contributed by atoms with Gasteiger partial charge in [0.2, 0.25) is 11.6 Å². The molecule has 0 aliphatic heterocycles. The Bertz CT molecular complexity index is 2510. The molecule has 2 heterocycles. The third kappa shape index (κ3) is 4.35. The molecule has 0 unspecified atom stereocenters. The van der Waals surface area contributed by atoms with E-state index in [0.29, 0.717) is 22.6 Å². The summed E-state index contributed by atoms with van der Waals surface area (Å²) in [4.78, 5) is 37.2. The van der Waals surface area contributed by atoms with Gasteiger partial charge in [0.1, 0.15) is 23.0 Å². The number of ketones is 2. The molecule has 1 aliphatic rings. The van der Waals surface area contributed by atoms with Crippen LogP contribution in [0.15, 0.2) is 158 Å². The fourth-order valence-electron chi connectivity index (χ4n) is 6.63. The van der Waals surface area contributed by atoms with E-state index in [2.05, 4.69) is 47.0 Å². The molecule has 48 heavy (non-hydrogen) atoms. The second kappa shape index (κ2) is 11.0. The van der Waals surface area contributed by atoms with E-state index in [1.165, 1.54) is 0 Å². The second-order valence-electron chi connectivity index (χ2n) is 11.8. The van der Waals surface area contributed by atoms with Crippen molar-refractivity contribution >= 4 is 22.6 Å². The topological polar surface area (TPSA) is 69.8 Å². The number of fused-ring (bicyclic) bond motifs is 3. The Balaban J connectivity index is 1.10. The maximum absolute atomic E-state index is 13.8. The van der Waals surface area contributed by atoms with Crippen molar-refractivity contribution < 1.29 is 9.59 Å². The molecule has 1 aliphatic carbocycles. The van der Waals surface area contributed by atoms with Crippen LogP contribution in [0.1, 0.15) is 32.1 Å². The Hall–Kier alpha value is -6.66. The molecule has 8 aromatic rings. The van der Waals surface area contributed by atoms with Gasteiger partial charge in [-0.3, -0.25) is 18.7 Å². The van der Waals surface area contributed by atoms with Crippen molar-refractivity contribution in [2.45, 2.75) is 0 Å². The summed E-state index contributed by atoms with van der Waals surface area (Å²) in [5.74, 6) is 0.976. The number of rotatable bonds is 5. The Labute approximate surface area is 276 Å².